The molecule has 0 saturated carbocycles. The maximum atomic E-state index is 12.6. The zero-order chi connectivity index (χ0) is 19.2. The number of nitrogens with zero attached hydrogens (tertiary/aromatic N) is 3. The van der Waals surface area contributed by atoms with Gasteiger partial charge < -0.3 is 9.94 Å². The lowest BCUT2D eigenvalue weighted by molar-refractivity contribution is -0.384. The molecular formula is C13H13F3N4O5. The zero-order valence-electron chi connectivity index (χ0n) is 13.0. The summed E-state index contributed by atoms with van der Waals surface area (Å²) >= 11 is 0. The highest BCUT2D eigenvalue weighted by Gasteiger charge is 2.33. The van der Waals surface area contributed by atoms with Crippen LogP contribution in [0.1, 0.15) is 19.4 Å². The van der Waals surface area contributed by atoms with E-state index in [0.717, 1.165) is 6.07 Å². The molecule has 0 heterocycles. The molecule has 0 amide bonds. The Morgan fingerprint density at radius 3 is 2.56 bits per heavy atom. The van der Waals surface area contributed by atoms with Gasteiger partial charge >= 0.3 is 12.1 Å². The summed E-state index contributed by atoms with van der Waals surface area (Å²) in [7, 11) is 0. The molecule has 0 atom stereocenters. The van der Waals surface area contributed by atoms with Crippen LogP contribution in [0.3, 0.4) is 0 Å². The number of carbonyl (C=O) groups is 1. The van der Waals surface area contributed by atoms with Crippen LogP contribution in [0.2, 0.25) is 0 Å². The minimum Gasteiger partial charge on any atom is -0.461 e. The molecule has 0 radical (unpaired) electrons. The molecule has 12 heteroatoms. The fourth-order valence-corrected chi connectivity index (χ4v) is 1.61. The van der Waals surface area contributed by atoms with Gasteiger partial charge in [-0.25, -0.2) is 4.79 Å². The third kappa shape index (κ3) is 5.16. The van der Waals surface area contributed by atoms with E-state index in [0.29, 0.717) is 12.1 Å². The van der Waals surface area contributed by atoms with Crippen molar-refractivity contribution in [2.45, 2.75) is 20.0 Å². The van der Waals surface area contributed by atoms with Gasteiger partial charge in [0.25, 0.3) is 5.69 Å². The maximum Gasteiger partial charge on any atom is 0.416 e. The quantitative estimate of drug-likeness (QED) is 0.263. The van der Waals surface area contributed by atoms with Crippen molar-refractivity contribution in [3.05, 3.63) is 33.9 Å². The number of halogens is 3. The van der Waals surface area contributed by atoms with Crippen LogP contribution < -0.4 is 5.43 Å². The monoisotopic (exact) mass is 362 g/mol. The number of ether oxygens (including phenoxy) is 1. The minimum absolute atomic E-state index is 0.00291. The summed E-state index contributed by atoms with van der Waals surface area (Å²) in [6, 6.07) is 1.80. The molecule has 25 heavy (non-hydrogen) atoms. The first-order chi connectivity index (χ1) is 11.6. The Morgan fingerprint density at radius 2 is 2.08 bits per heavy atom. The number of esters is 1. The second kappa shape index (κ2) is 8.08. The number of nitro benzene ring substituents is 1. The number of nitro groups is 1. The number of rotatable bonds is 6. The summed E-state index contributed by atoms with van der Waals surface area (Å²) < 4.78 is 42.5. The number of benzene rings is 1. The number of oxime groups is 1. The number of carbonyl (C=O) groups excluding carboxylic acids is 1. The second-order valence-corrected chi connectivity index (χ2v) is 4.46. The molecule has 0 fully saturated rings. The van der Waals surface area contributed by atoms with Gasteiger partial charge in [-0.05, 0) is 26.0 Å². The summed E-state index contributed by atoms with van der Waals surface area (Å²) in [6.07, 6.45) is -4.75. The molecule has 9 nitrogen and oxygen atoms in total. The van der Waals surface area contributed by atoms with Crippen LogP contribution in [0.25, 0.3) is 0 Å². The molecule has 0 saturated heterocycles. The standard InChI is InChI=1S/C13H13F3N4O5/c1-3-25-12(21)11(19-22)7(2)17-18-9-5-4-8(13(14,15)16)6-10(9)20(23)24/h4-6,18,22H,3H2,1-2H3/b17-7+,19-11-. The number of nitrogens with one attached hydrogen (secondary N) is 1. The third-order valence-electron chi connectivity index (χ3n) is 2.78. The molecule has 1 rings (SSSR count). The van der Waals surface area contributed by atoms with E-state index >= 15 is 0 Å². The SMILES string of the molecule is CCOC(=O)C(=N\O)/C(C)=N/Nc1ccc(C(F)(F)F)cc1[N+](=O)[O-]. The highest BCUT2D eigenvalue weighted by molar-refractivity contribution is 6.65. The number of alkyl halides is 3. The van der Waals surface area contributed by atoms with Crippen molar-refractivity contribution in [1.82, 2.24) is 0 Å². The Bertz CT molecular complexity index is 731. The van der Waals surface area contributed by atoms with Crippen molar-refractivity contribution >= 4 is 28.8 Å². The molecule has 1 aromatic rings. The van der Waals surface area contributed by atoms with Gasteiger partial charge in [0.1, 0.15) is 5.69 Å². The van der Waals surface area contributed by atoms with Gasteiger partial charge in [0.2, 0.25) is 5.71 Å². The van der Waals surface area contributed by atoms with E-state index in [1.54, 1.807) is 0 Å². The van der Waals surface area contributed by atoms with Gasteiger partial charge in [-0.3, -0.25) is 15.5 Å². The van der Waals surface area contributed by atoms with E-state index in [-0.39, 0.29) is 18.0 Å². The first-order valence-electron chi connectivity index (χ1n) is 6.67. The van der Waals surface area contributed by atoms with E-state index < -0.39 is 34.0 Å². The number of anilines is 1. The summed E-state index contributed by atoms with van der Waals surface area (Å²) in [4.78, 5) is 21.4. The summed E-state index contributed by atoms with van der Waals surface area (Å²) in [6.45, 7) is 2.75. The maximum absolute atomic E-state index is 12.6. The molecule has 0 spiro atoms. The van der Waals surface area contributed by atoms with Crippen LogP contribution in [0.5, 0.6) is 0 Å². The lowest BCUT2D eigenvalue weighted by Crippen LogP contribution is -2.25. The first-order valence-corrected chi connectivity index (χ1v) is 6.67. The summed E-state index contributed by atoms with van der Waals surface area (Å²) in [5.74, 6) is -0.991. The lowest BCUT2D eigenvalue weighted by atomic mass is 10.1. The summed E-state index contributed by atoms with van der Waals surface area (Å²) in [5, 5.41) is 26.1. The van der Waals surface area contributed by atoms with Gasteiger partial charge in [0, 0.05) is 6.07 Å². The highest BCUT2D eigenvalue weighted by Crippen LogP contribution is 2.34. The highest BCUT2D eigenvalue weighted by atomic mass is 19.4. The van der Waals surface area contributed by atoms with E-state index in [2.05, 4.69) is 20.4 Å². The Hall–Kier alpha value is -3.18. The van der Waals surface area contributed by atoms with E-state index in [1.165, 1.54) is 13.8 Å². The zero-order valence-corrected chi connectivity index (χ0v) is 13.0. The fraction of sp³-hybridized carbons (Fsp3) is 0.308. The molecule has 0 unspecified atom stereocenters. The van der Waals surface area contributed by atoms with Crippen LogP contribution >= 0.6 is 0 Å². The summed E-state index contributed by atoms with van der Waals surface area (Å²) in [5.41, 5.74) is -1.02. The predicted octanol–water partition coefficient (Wildman–Crippen LogP) is 2.79. The van der Waals surface area contributed by atoms with Crippen molar-refractivity contribution in [3.8, 4) is 0 Å². The van der Waals surface area contributed by atoms with E-state index in [1.807, 2.05) is 0 Å². The third-order valence-corrected chi connectivity index (χ3v) is 2.78. The van der Waals surface area contributed by atoms with Crippen molar-refractivity contribution in [3.63, 3.8) is 0 Å². The van der Waals surface area contributed by atoms with Gasteiger partial charge in [-0.2, -0.15) is 18.3 Å². The predicted molar refractivity (Wildman–Crippen MR) is 80.7 cm³/mol. The average molecular weight is 362 g/mol. The normalized spacial score (nSPS) is 12.7. The van der Waals surface area contributed by atoms with Crippen LogP contribution in [0, 0.1) is 10.1 Å². The Morgan fingerprint density at radius 1 is 1.44 bits per heavy atom. The molecule has 0 aromatic heterocycles. The van der Waals surface area contributed by atoms with Crippen molar-refractivity contribution in [2.24, 2.45) is 10.3 Å². The van der Waals surface area contributed by atoms with Crippen LogP contribution in [0.4, 0.5) is 24.5 Å². The van der Waals surface area contributed by atoms with Crippen LogP contribution in [-0.4, -0.2) is 34.1 Å². The molecule has 0 aliphatic rings. The lowest BCUT2D eigenvalue weighted by Gasteiger charge is -2.09. The molecule has 0 aliphatic heterocycles. The largest absolute Gasteiger partial charge is 0.461 e. The molecule has 0 aliphatic carbocycles. The van der Waals surface area contributed by atoms with Gasteiger partial charge in [0.05, 0.1) is 22.8 Å². The smallest absolute Gasteiger partial charge is 0.416 e. The second-order valence-electron chi connectivity index (χ2n) is 4.46. The molecule has 136 valence electrons. The van der Waals surface area contributed by atoms with Crippen molar-refractivity contribution in [2.75, 3.05) is 12.0 Å². The van der Waals surface area contributed by atoms with E-state index in [9.17, 15) is 28.1 Å². The number of hydrazone groups is 1. The Balaban J connectivity index is 3.14. The van der Waals surface area contributed by atoms with Gasteiger partial charge in [-0.1, -0.05) is 5.16 Å². The molecule has 1 aromatic carbocycles. The fourth-order valence-electron chi connectivity index (χ4n) is 1.61. The average Bonchev–Trinajstić information content (AvgIpc) is 2.52. The van der Waals surface area contributed by atoms with Gasteiger partial charge in [0.15, 0.2) is 0 Å². The van der Waals surface area contributed by atoms with E-state index in [4.69, 9.17) is 5.21 Å². The van der Waals surface area contributed by atoms with Gasteiger partial charge in [-0.15, -0.1) is 0 Å². The van der Waals surface area contributed by atoms with Crippen LogP contribution in [0.15, 0.2) is 28.5 Å². The van der Waals surface area contributed by atoms with Crippen molar-refractivity contribution < 1.29 is 32.8 Å². The molecular weight excluding hydrogens is 349 g/mol. The topological polar surface area (TPSA) is 126 Å². The first kappa shape index (κ1) is 19.9. The van der Waals surface area contributed by atoms with Crippen molar-refractivity contribution in [1.29, 1.82) is 0 Å². The molecule has 2 N–H and O–H groups in total. The Kier molecular flexibility index (Phi) is 6.42. The van der Waals surface area contributed by atoms with Crippen LogP contribution in [-0.2, 0) is 15.7 Å². The Labute approximate surface area is 138 Å². The molecule has 0 bridgehead atoms. The number of hydrogen-bond donors (Lipinski definition) is 2. The minimum atomic E-state index is -4.75. The number of hydrogen-bond acceptors (Lipinski definition) is 8.